The summed E-state index contributed by atoms with van der Waals surface area (Å²) in [5.41, 5.74) is 11.5. The van der Waals surface area contributed by atoms with Gasteiger partial charge < -0.3 is 14.7 Å². The average molecular weight is 638 g/mol. The molecule has 0 saturated carbocycles. The molecule has 0 saturated heterocycles. The van der Waals surface area contributed by atoms with Crippen molar-refractivity contribution >= 4 is 77.7 Å². The molecule has 1 atom stereocenters. The molecule has 0 aliphatic heterocycles. The lowest BCUT2D eigenvalue weighted by Gasteiger charge is -2.21. The Labute approximate surface area is 286 Å². The summed E-state index contributed by atoms with van der Waals surface area (Å²) in [5, 5.41) is 9.46. The lowest BCUT2D eigenvalue weighted by Crippen LogP contribution is -2.09. The van der Waals surface area contributed by atoms with E-state index in [0.717, 1.165) is 44.3 Å². The highest BCUT2D eigenvalue weighted by molar-refractivity contribution is 6.36. The first kappa shape index (κ1) is 31.6. The van der Waals surface area contributed by atoms with Gasteiger partial charge in [0, 0.05) is 26.9 Å². The van der Waals surface area contributed by atoms with Crippen LogP contribution >= 0.6 is 0 Å². The van der Waals surface area contributed by atoms with Crippen LogP contribution in [0.25, 0.3) is 71.0 Å². The van der Waals surface area contributed by atoms with E-state index in [-0.39, 0.29) is 6.04 Å². The third-order valence-electron chi connectivity index (χ3n) is 9.14. The Balaban J connectivity index is 0.000000914. The lowest BCUT2D eigenvalue weighted by atomic mass is 9.98. The van der Waals surface area contributed by atoms with Crippen LogP contribution in [-0.2, 0) is 0 Å². The topological polar surface area (TPSA) is 56.5 Å². The Morgan fingerprint density at radius 2 is 1.18 bits per heavy atom. The number of benzene rings is 7. The number of hydrogen-bond acceptors (Lipinski definition) is 3. The Morgan fingerprint density at radius 1 is 0.612 bits per heavy atom. The number of allylic oxidation sites excluding steroid dienone is 1. The number of aliphatic imine (C=N–C) groups is 1. The molecule has 0 radical (unpaired) electrons. The minimum atomic E-state index is -0.213. The second-order valence-electron chi connectivity index (χ2n) is 11.6. The van der Waals surface area contributed by atoms with Crippen molar-refractivity contribution in [1.82, 2.24) is 4.57 Å². The summed E-state index contributed by atoms with van der Waals surface area (Å²) in [7, 11) is 1.50. The predicted molar refractivity (Wildman–Crippen MR) is 212 cm³/mol. The molecule has 0 aliphatic carbocycles. The van der Waals surface area contributed by atoms with Gasteiger partial charge in [-0.05, 0) is 53.2 Å². The lowest BCUT2D eigenvalue weighted by molar-refractivity contribution is 0.665. The fraction of sp³-hybridized carbons (Fsp3) is 0.0889. The molecule has 49 heavy (non-hydrogen) atoms. The van der Waals surface area contributed by atoms with Gasteiger partial charge >= 0.3 is 0 Å². The number of rotatable bonds is 5. The molecule has 1 unspecified atom stereocenters. The van der Waals surface area contributed by atoms with Gasteiger partial charge in [-0.3, -0.25) is 4.99 Å². The highest BCUT2D eigenvalue weighted by Gasteiger charge is 2.27. The van der Waals surface area contributed by atoms with E-state index in [2.05, 4.69) is 149 Å². The molecule has 9 aromatic rings. The normalized spacial score (nSPS) is 12.2. The zero-order valence-corrected chi connectivity index (χ0v) is 28.1. The van der Waals surface area contributed by atoms with Crippen molar-refractivity contribution in [2.45, 2.75) is 19.9 Å². The van der Waals surface area contributed by atoms with Gasteiger partial charge in [-0.15, -0.1) is 0 Å². The van der Waals surface area contributed by atoms with E-state index < -0.39 is 0 Å². The Morgan fingerprint density at radius 3 is 1.88 bits per heavy atom. The molecule has 7 aromatic carbocycles. The maximum Gasteiger partial charge on any atom is 0.160 e. The van der Waals surface area contributed by atoms with Gasteiger partial charge in [0.25, 0.3) is 0 Å². The monoisotopic (exact) mass is 637 g/mol. The van der Waals surface area contributed by atoms with Crippen molar-refractivity contribution in [2.75, 3.05) is 7.05 Å². The number of fused-ring (bicyclic) bond motifs is 12. The third-order valence-corrected chi connectivity index (χ3v) is 9.14. The zero-order chi connectivity index (χ0) is 33.9. The minimum Gasteiger partial charge on any atom is -0.454 e. The predicted octanol–water partition coefficient (Wildman–Crippen LogP) is 11.9. The largest absolute Gasteiger partial charge is 0.454 e. The second-order valence-corrected chi connectivity index (χ2v) is 11.6. The molecule has 240 valence electrons. The smallest absolute Gasteiger partial charge is 0.160 e. The standard InChI is InChI=1S/C42H28N2O.C2H6.CH5N/c1-43-35(28-15-4-2-5-16-28)26-36(29-17-6-3-7-18-29)44-40-30-19-9-8-14-27(30)24-25-34(40)38-31-20-10-11-21-32(31)39-33-22-12-13-23-37(33)45-42(39)41(38)44;2*1-2/h2-26,36H,1H2;1-2H3;2H2,1H3/b35-26-;;. The molecule has 0 spiro atoms. The molecule has 2 aromatic heterocycles. The molecule has 2 N–H and O–H groups in total. The van der Waals surface area contributed by atoms with Crippen molar-refractivity contribution < 1.29 is 4.42 Å². The number of aromatic nitrogens is 1. The molecule has 9 rings (SSSR count). The van der Waals surface area contributed by atoms with E-state index in [1.165, 1.54) is 44.9 Å². The first-order chi connectivity index (χ1) is 24.3. The van der Waals surface area contributed by atoms with Gasteiger partial charge in [0.1, 0.15) is 5.58 Å². The number of para-hydroxylation sites is 1. The highest BCUT2D eigenvalue weighted by Crippen LogP contribution is 2.48. The van der Waals surface area contributed by atoms with Crippen molar-refractivity contribution in [3.8, 4) is 0 Å². The Bertz CT molecular complexity index is 2610. The van der Waals surface area contributed by atoms with E-state index in [0.29, 0.717) is 0 Å². The van der Waals surface area contributed by atoms with Crippen LogP contribution in [0, 0.1) is 0 Å². The molecule has 0 fully saturated rings. The van der Waals surface area contributed by atoms with E-state index in [1.54, 1.807) is 0 Å². The van der Waals surface area contributed by atoms with Gasteiger partial charge in [-0.2, -0.15) is 0 Å². The first-order valence-corrected chi connectivity index (χ1v) is 16.9. The van der Waals surface area contributed by atoms with Gasteiger partial charge in [0.15, 0.2) is 5.58 Å². The maximum absolute atomic E-state index is 6.88. The van der Waals surface area contributed by atoms with Gasteiger partial charge in [-0.1, -0.05) is 153 Å². The summed E-state index contributed by atoms with van der Waals surface area (Å²) in [6, 6.07) is 51.1. The van der Waals surface area contributed by atoms with Crippen molar-refractivity contribution in [3.63, 3.8) is 0 Å². The summed E-state index contributed by atoms with van der Waals surface area (Å²) in [6.45, 7) is 8.01. The molecule has 4 heteroatoms. The highest BCUT2D eigenvalue weighted by atomic mass is 16.3. The van der Waals surface area contributed by atoms with Crippen LogP contribution < -0.4 is 5.73 Å². The summed E-state index contributed by atoms with van der Waals surface area (Å²) >= 11 is 0. The van der Waals surface area contributed by atoms with Crippen molar-refractivity contribution in [2.24, 2.45) is 10.7 Å². The second kappa shape index (κ2) is 13.6. The van der Waals surface area contributed by atoms with Crippen LogP contribution in [0.3, 0.4) is 0 Å². The van der Waals surface area contributed by atoms with Crippen LogP contribution in [0.4, 0.5) is 0 Å². The molecular weight excluding hydrogens is 599 g/mol. The number of hydrogen-bond donors (Lipinski definition) is 1. The molecule has 4 nitrogen and oxygen atoms in total. The van der Waals surface area contributed by atoms with Gasteiger partial charge in [0.2, 0.25) is 0 Å². The Kier molecular flexibility index (Phi) is 8.80. The summed E-state index contributed by atoms with van der Waals surface area (Å²) in [4.78, 5) is 4.58. The molecule has 0 amide bonds. The van der Waals surface area contributed by atoms with E-state index in [1.807, 2.05) is 38.1 Å². The molecule has 2 heterocycles. The average Bonchev–Trinajstić information content (AvgIpc) is 3.75. The van der Waals surface area contributed by atoms with Crippen LogP contribution in [0.5, 0.6) is 0 Å². The van der Waals surface area contributed by atoms with E-state index in [9.17, 15) is 0 Å². The van der Waals surface area contributed by atoms with Crippen LogP contribution in [0.2, 0.25) is 0 Å². The van der Waals surface area contributed by atoms with Crippen molar-refractivity contribution in [1.29, 1.82) is 0 Å². The van der Waals surface area contributed by atoms with E-state index >= 15 is 0 Å². The minimum absolute atomic E-state index is 0.213. The Hall–Kier alpha value is -5.97. The quantitative estimate of drug-likeness (QED) is 0.191. The van der Waals surface area contributed by atoms with E-state index in [4.69, 9.17) is 4.42 Å². The first-order valence-electron chi connectivity index (χ1n) is 16.9. The zero-order valence-electron chi connectivity index (χ0n) is 28.1. The van der Waals surface area contributed by atoms with Crippen LogP contribution in [0.15, 0.2) is 161 Å². The molecule has 0 aliphatic rings. The fourth-order valence-electron chi connectivity index (χ4n) is 7.22. The van der Waals surface area contributed by atoms with Crippen LogP contribution in [-0.4, -0.2) is 18.3 Å². The third kappa shape index (κ3) is 5.18. The fourth-order valence-corrected chi connectivity index (χ4v) is 7.22. The summed E-state index contributed by atoms with van der Waals surface area (Å²) in [5.74, 6) is 0. The number of nitrogens with zero attached hydrogens (tertiary/aromatic N) is 2. The summed E-state index contributed by atoms with van der Waals surface area (Å²) < 4.78 is 9.37. The van der Waals surface area contributed by atoms with Gasteiger partial charge in [0.05, 0.1) is 22.8 Å². The SMILES string of the molecule is C=N/C(=C\C(c1ccccc1)n1c2c3ccccc3ccc2c2c3ccccc3c3c4ccccc4oc3c21)c1ccccc1.CC.CN. The molecule has 0 bridgehead atoms. The number of furan rings is 1. The number of nitrogens with two attached hydrogens (primary N) is 1. The summed E-state index contributed by atoms with van der Waals surface area (Å²) in [6.07, 6.45) is 2.25. The maximum atomic E-state index is 6.88. The molecular formula is C45H39N3O. The van der Waals surface area contributed by atoms with Gasteiger partial charge in [-0.25, -0.2) is 0 Å². The van der Waals surface area contributed by atoms with Crippen molar-refractivity contribution in [3.05, 3.63) is 163 Å². The van der Waals surface area contributed by atoms with Crippen LogP contribution in [0.1, 0.15) is 31.0 Å².